The van der Waals surface area contributed by atoms with E-state index >= 15 is 0 Å². The fraction of sp³-hybridized carbons (Fsp3) is 0.316. The maximum absolute atomic E-state index is 12.0. The minimum Gasteiger partial charge on any atom is -0.444 e. The smallest absolute Gasteiger partial charge is 0.408 e. The number of carbonyl (C=O) groups excluding carboxylic acids is 1. The Morgan fingerprint density at radius 1 is 1.08 bits per heavy atom. The Balaban J connectivity index is 2.23. The molecule has 0 aliphatic carbocycles. The highest BCUT2D eigenvalue weighted by atomic mass is 16.6. The molecule has 2 aromatic carbocycles. The molecule has 0 unspecified atom stereocenters. The van der Waals surface area contributed by atoms with E-state index in [0.717, 1.165) is 5.56 Å². The van der Waals surface area contributed by atoms with Crippen LogP contribution in [0.4, 0.5) is 21.9 Å². The Bertz CT molecular complexity index is 799. The van der Waals surface area contributed by atoms with Crippen LogP contribution in [-0.2, 0) is 4.74 Å². The van der Waals surface area contributed by atoms with Gasteiger partial charge >= 0.3 is 6.09 Å². The second-order valence-electron chi connectivity index (χ2n) is 6.85. The van der Waals surface area contributed by atoms with Crippen molar-refractivity contribution in [3.8, 4) is 0 Å². The van der Waals surface area contributed by atoms with Gasteiger partial charge in [0, 0.05) is 11.8 Å². The largest absolute Gasteiger partial charge is 0.444 e. The van der Waals surface area contributed by atoms with Gasteiger partial charge in [0.25, 0.3) is 5.69 Å². The lowest BCUT2D eigenvalue weighted by Gasteiger charge is -2.23. The molecule has 138 valence electrons. The van der Waals surface area contributed by atoms with Crippen molar-refractivity contribution in [2.24, 2.45) is 0 Å². The molecule has 0 saturated carbocycles. The summed E-state index contributed by atoms with van der Waals surface area (Å²) < 4.78 is 5.28. The summed E-state index contributed by atoms with van der Waals surface area (Å²) in [5.74, 6) is 0. The zero-order chi connectivity index (χ0) is 19.3. The average molecular weight is 357 g/mol. The van der Waals surface area contributed by atoms with Crippen molar-refractivity contribution in [2.45, 2.75) is 39.3 Å². The van der Waals surface area contributed by atoms with Gasteiger partial charge in [0.05, 0.1) is 11.0 Å². The third kappa shape index (κ3) is 5.20. The van der Waals surface area contributed by atoms with E-state index in [4.69, 9.17) is 4.74 Å². The number of nitro benzene ring substituents is 1. The first-order valence-corrected chi connectivity index (χ1v) is 8.26. The molecule has 1 atom stereocenters. The molecule has 0 fully saturated rings. The summed E-state index contributed by atoms with van der Waals surface area (Å²) >= 11 is 0. The Morgan fingerprint density at radius 3 is 2.27 bits per heavy atom. The minimum absolute atomic E-state index is 0.0185. The number of ether oxygens (including phenoxy) is 1. The summed E-state index contributed by atoms with van der Waals surface area (Å²) in [6.45, 7) is 7.20. The van der Waals surface area contributed by atoms with Crippen LogP contribution in [0, 0.1) is 10.1 Å². The number of nitro groups is 1. The van der Waals surface area contributed by atoms with Gasteiger partial charge in [0.15, 0.2) is 0 Å². The van der Waals surface area contributed by atoms with Gasteiger partial charge in [-0.1, -0.05) is 30.3 Å². The predicted molar refractivity (Wildman–Crippen MR) is 101 cm³/mol. The second kappa shape index (κ2) is 7.86. The maximum Gasteiger partial charge on any atom is 0.408 e. The number of rotatable bonds is 5. The van der Waals surface area contributed by atoms with Crippen molar-refractivity contribution in [3.63, 3.8) is 0 Å². The van der Waals surface area contributed by atoms with Crippen molar-refractivity contribution in [1.29, 1.82) is 0 Å². The number of nitrogens with zero attached hydrogens (tertiary/aromatic N) is 1. The van der Waals surface area contributed by atoms with Crippen LogP contribution < -0.4 is 10.6 Å². The van der Waals surface area contributed by atoms with Crippen molar-refractivity contribution < 1.29 is 14.5 Å². The van der Waals surface area contributed by atoms with Crippen molar-refractivity contribution in [2.75, 3.05) is 5.32 Å². The van der Waals surface area contributed by atoms with E-state index in [1.165, 1.54) is 6.07 Å². The number of benzene rings is 2. The van der Waals surface area contributed by atoms with Gasteiger partial charge in [-0.05, 0) is 45.4 Å². The Morgan fingerprint density at radius 2 is 1.65 bits per heavy atom. The molecule has 0 spiro atoms. The molecule has 0 radical (unpaired) electrons. The van der Waals surface area contributed by atoms with E-state index in [1.54, 1.807) is 45.0 Å². The van der Waals surface area contributed by atoms with Gasteiger partial charge < -0.3 is 15.4 Å². The van der Waals surface area contributed by atoms with Crippen LogP contribution in [0.5, 0.6) is 0 Å². The summed E-state index contributed by atoms with van der Waals surface area (Å²) in [5, 5.41) is 17.1. The van der Waals surface area contributed by atoms with Crippen LogP contribution >= 0.6 is 0 Å². The Labute approximate surface area is 152 Å². The normalized spacial score (nSPS) is 12.2. The quantitative estimate of drug-likeness (QED) is 0.585. The number of para-hydroxylation sites is 3. The minimum atomic E-state index is -0.591. The van der Waals surface area contributed by atoms with Crippen LogP contribution in [0.2, 0.25) is 0 Å². The van der Waals surface area contributed by atoms with Gasteiger partial charge in [0.1, 0.15) is 11.3 Å². The van der Waals surface area contributed by atoms with Gasteiger partial charge in [-0.15, -0.1) is 0 Å². The maximum atomic E-state index is 12.0. The molecule has 2 aromatic rings. The number of hydrogen-bond acceptors (Lipinski definition) is 5. The SMILES string of the molecule is C[C@@H](NC(=O)OC(C)(C)C)c1ccccc1Nc1ccccc1[N+](=O)[O-]. The van der Waals surface area contributed by atoms with Gasteiger partial charge in [-0.2, -0.15) is 0 Å². The van der Waals surface area contributed by atoms with Crippen molar-refractivity contribution >= 4 is 23.2 Å². The third-order valence-corrected chi connectivity index (χ3v) is 3.53. The first-order chi connectivity index (χ1) is 12.2. The Kier molecular flexibility index (Phi) is 5.82. The van der Waals surface area contributed by atoms with Crippen LogP contribution in [0.1, 0.15) is 39.3 Å². The Hall–Kier alpha value is -3.09. The van der Waals surface area contributed by atoms with Crippen LogP contribution in [0.25, 0.3) is 0 Å². The fourth-order valence-corrected chi connectivity index (χ4v) is 2.43. The molecular weight excluding hydrogens is 334 g/mol. The third-order valence-electron chi connectivity index (χ3n) is 3.53. The number of alkyl carbamates (subject to hydrolysis) is 1. The number of anilines is 2. The summed E-state index contributed by atoms with van der Waals surface area (Å²) in [5.41, 5.74) is 1.23. The summed E-state index contributed by atoms with van der Waals surface area (Å²) in [4.78, 5) is 22.8. The molecule has 0 saturated heterocycles. The van der Waals surface area contributed by atoms with Gasteiger partial charge in [0.2, 0.25) is 0 Å². The molecule has 1 amide bonds. The summed E-state index contributed by atoms with van der Waals surface area (Å²) in [6.07, 6.45) is -0.523. The number of carbonyl (C=O) groups is 1. The van der Waals surface area contributed by atoms with E-state index < -0.39 is 16.6 Å². The highest BCUT2D eigenvalue weighted by Gasteiger charge is 2.20. The van der Waals surface area contributed by atoms with Crippen LogP contribution in [-0.4, -0.2) is 16.6 Å². The van der Waals surface area contributed by atoms with E-state index in [2.05, 4.69) is 10.6 Å². The lowest BCUT2D eigenvalue weighted by Crippen LogP contribution is -2.34. The van der Waals surface area contributed by atoms with Gasteiger partial charge in [-0.3, -0.25) is 10.1 Å². The predicted octanol–water partition coefficient (Wildman–Crippen LogP) is 4.92. The summed E-state index contributed by atoms with van der Waals surface area (Å²) in [6, 6.07) is 13.4. The van der Waals surface area contributed by atoms with Gasteiger partial charge in [-0.25, -0.2) is 4.79 Å². The number of hydrogen-bond donors (Lipinski definition) is 2. The molecule has 2 N–H and O–H groups in total. The zero-order valence-electron chi connectivity index (χ0n) is 15.3. The number of nitrogens with one attached hydrogen (secondary N) is 2. The molecule has 0 aliphatic heterocycles. The molecule has 0 bridgehead atoms. The molecular formula is C19H23N3O4. The lowest BCUT2D eigenvalue weighted by molar-refractivity contribution is -0.383. The van der Waals surface area contributed by atoms with E-state index in [1.807, 2.05) is 25.1 Å². The average Bonchev–Trinajstić information content (AvgIpc) is 2.53. The first kappa shape index (κ1) is 19.2. The molecule has 7 heteroatoms. The van der Waals surface area contributed by atoms with Crippen LogP contribution in [0.3, 0.4) is 0 Å². The monoisotopic (exact) mass is 357 g/mol. The van der Waals surface area contributed by atoms with Crippen molar-refractivity contribution in [1.82, 2.24) is 5.32 Å². The van der Waals surface area contributed by atoms with E-state index in [-0.39, 0.29) is 11.7 Å². The van der Waals surface area contributed by atoms with Crippen molar-refractivity contribution in [3.05, 3.63) is 64.2 Å². The highest BCUT2D eigenvalue weighted by Crippen LogP contribution is 2.31. The highest BCUT2D eigenvalue weighted by molar-refractivity contribution is 5.73. The zero-order valence-corrected chi connectivity index (χ0v) is 15.3. The van der Waals surface area contributed by atoms with Crippen LogP contribution in [0.15, 0.2) is 48.5 Å². The molecule has 0 aliphatic rings. The molecule has 2 rings (SSSR count). The molecule has 0 heterocycles. The topological polar surface area (TPSA) is 93.5 Å². The second-order valence-corrected chi connectivity index (χ2v) is 6.85. The fourth-order valence-electron chi connectivity index (χ4n) is 2.43. The van der Waals surface area contributed by atoms with E-state index in [0.29, 0.717) is 11.4 Å². The first-order valence-electron chi connectivity index (χ1n) is 8.26. The number of amides is 1. The van der Waals surface area contributed by atoms with E-state index in [9.17, 15) is 14.9 Å². The summed E-state index contributed by atoms with van der Waals surface area (Å²) in [7, 11) is 0. The standard InChI is InChI=1S/C19H23N3O4/c1-13(20-18(23)26-19(2,3)4)14-9-5-6-10-15(14)21-16-11-7-8-12-17(16)22(24)25/h5-13,21H,1-4H3,(H,20,23)/t13-/m1/s1. The lowest BCUT2D eigenvalue weighted by atomic mass is 10.1. The molecule has 0 aromatic heterocycles. The molecule has 7 nitrogen and oxygen atoms in total. The molecule has 26 heavy (non-hydrogen) atoms.